The van der Waals surface area contributed by atoms with Crippen molar-refractivity contribution >= 4 is 17.5 Å². The maximum Gasteiger partial charge on any atom is 0.251 e. The molecule has 0 aliphatic carbocycles. The van der Waals surface area contributed by atoms with Gasteiger partial charge in [-0.15, -0.1) is 0 Å². The molecule has 2 N–H and O–H groups in total. The Balaban J connectivity index is 1.75. The molecule has 3 rings (SSSR count). The highest BCUT2D eigenvalue weighted by Crippen LogP contribution is 2.37. The molecular formula is C18H24N2O3. The van der Waals surface area contributed by atoms with Crippen LogP contribution in [0.15, 0.2) is 18.2 Å². The molecule has 0 unspecified atom stereocenters. The van der Waals surface area contributed by atoms with Crippen molar-refractivity contribution in [2.45, 2.75) is 57.6 Å². The van der Waals surface area contributed by atoms with Crippen LogP contribution in [0.1, 0.15) is 56.5 Å². The van der Waals surface area contributed by atoms with Gasteiger partial charge in [-0.25, -0.2) is 0 Å². The standard InChI is InChI=1S/C18H24N2O3/c1-17(2)10-12(7-8-23-17)19-15(21)11-5-6-13-14(9-11)20-16(22)18(13,3)4/h5-6,9,12H,7-8,10H2,1-4H3,(H,19,21)(H,20,22)/t12-/m1/s1. The molecule has 2 aliphatic rings. The lowest BCUT2D eigenvalue weighted by Crippen LogP contribution is -2.45. The lowest BCUT2D eigenvalue weighted by Gasteiger charge is -2.35. The highest BCUT2D eigenvalue weighted by Gasteiger charge is 2.38. The highest BCUT2D eigenvalue weighted by atomic mass is 16.5. The number of ether oxygens (including phenoxy) is 1. The van der Waals surface area contributed by atoms with E-state index in [0.29, 0.717) is 12.2 Å². The molecule has 0 spiro atoms. The van der Waals surface area contributed by atoms with Gasteiger partial charge in [-0.2, -0.15) is 0 Å². The molecule has 5 heteroatoms. The minimum Gasteiger partial charge on any atom is -0.375 e. The van der Waals surface area contributed by atoms with Crippen molar-refractivity contribution in [1.82, 2.24) is 5.32 Å². The van der Waals surface area contributed by atoms with Gasteiger partial charge in [0.05, 0.1) is 11.0 Å². The van der Waals surface area contributed by atoms with Gasteiger partial charge < -0.3 is 15.4 Å². The Morgan fingerprint density at radius 3 is 2.74 bits per heavy atom. The van der Waals surface area contributed by atoms with Gasteiger partial charge in [0, 0.05) is 23.9 Å². The molecule has 1 aromatic rings. The number of carbonyl (C=O) groups excluding carboxylic acids is 2. The summed E-state index contributed by atoms with van der Waals surface area (Å²) in [5.41, 5.74) is 1.50. The maximum atomic E-state index is 12.5. The number of nitrogens with one attached hydrogen (secondary N) is 2. The summed E-state index contributed by atoms with van der Waals surface area (Å²) in [6, 6.07) is 5.55. The first kappa shape index (κ1) is 16.0. The topological polar surface area (TPSA) is 67.4 Å². The Hall–Kier alpha value is -1.88. The van der Waals surface area contributed by atoms with Gasteiger partial charge in [0.1, 0.15) is 0 Å². The second-order valence-electron chi connectivity index (χ2n) is 7.61. The Morgan fingerprint density at radius 2 is 2.04 bits per heavy atom. The summed E-state index contributed by atoms with van der Waals surface area (Å²) in [5, 5.41) is 5.94. The Morgan fingerprint density at radius 1 is 1.30 bits per heavy atom. The van der Waals surface area contributed by atoms with Crippen molar-refractivity contribution in [3.63, 3.8) is 0 Å². The zero-order chi connectivity index (χ0) is 16.8. The van der Waals surface area contributed by atoms with E-state index in [9.17, 15) is 9.59 Å². The third-order valence-corrected chi connectivity index (χ3v) is 4.80. The van der Waals surface area contributed by atoms with E-state index in [2.05, 4.69) is 10.6 Å². The number of anilines is 1. The molecule has 1 fully saturated rings. The number of fused-ring (bicyclic) bond motifs is 1. The van der Waals surface area contributed by atoms with E-state index in [-0.39, 0.29) is 23.5 Å². The normalized spacial score (nSPS) is 24.7. The van der Waals surface area contributed by atoms with Gasteiger partial charge in [0.25, 0.3) is 5.91 Å². The van der Waals surface area contributed by atoms with Crippen LogP contribution in [0, 0.1) is 0 Å². The zero-order valence-corrected chi connectivity index (χ0v) is 14.2. The molecule has 0 saturated carbocycles. The summed E-state index contributed by atoms with van der Waals surface area (Å²) in [4.78, 5) is 24.5. The second kappa shape index (κ2) is 5.34. The zero-order valence-electron chi connectivity index (χ0n) is 14.2. The second-order valence-corrected chi connectivity index (χ2v) is 7.61. The molecular weight excluding hydrogens is 292 g/mol. The van der Waals surface area contributed by atoms with Crippen molar-refractivity contribution in [3.8, 4) is 0 Å². The fourth-order valence-corrected chi connectivity index (χ4v) is 3.36. The van der Waals surface area contributed by atoms with Crippen molar-refractivity contribution in [3.05, 3.63) is 29.3 Å². The third-order valence-electron chi connectivity index (χ3n) is 4.80. The average Bonchev–Trinajstić information content (AvgIpc) is 2.67. The molecule has 2 heterocycles. The molecule has 2 aliphatic heterocycles. The van der Waals surface area contributed by atoms with Gasteiger partial charge in [-0.3, -0.25) is 9.59 Å². The predicted octanol–water partition coefficient (Wildman–Crippen LogP) is 2.60. The third kappa shape index (κ3) is 2.98. The Kier molecular flexibility index (Phi) is 3.71. The molecule has 5 nitrogen and oxygen atoms in total. The van der Waals surface area contributed by atoms with Crippen LogP contribution < -0.4 is 10.6 Å². The lowest BCUT2D eigenvalue weighted by atomic mass is 9.86. The van der Waals surface area contributed by atoms with Gasteiger partial charge >= 0.3 is 0 Å². The first-order valence-corrected chi connectivity index (χ1v) is 8.10. The van der Waals surface area contributed by atoms with Gasteiger partial charge in [-0.05, 0) is 58.2 Å². The van der Waals surface area contributed by atoms with Gasteiger partial charge in [0.2, 0.25) is 5.91 Å². The number of benzene rings is 1. The van der Waals surface area contributed by atoms with Gasteiger partial charge in [0.15, 0.2) is 0 Å². The predicted molar refractivity (Wildman–Crippen MR) is 88.6 cm³/mol. The molecule has 0 radical (unpaired) electrons. The minimum atomic E-state index is -0.547. The van der Waals surface area contributed by atoms with Crippen LogP contribution in [0.25, 0.3) is 0 Å². The minimum absolute atomic E-state index is 0.0313. The first-order chi connectivity index (χ1) is 10.7. The van der Waals surface area contributed by atoms with E-state index in [1.54, 1.807) is 12.1 Å². The van der Waals surface area contributed by atoms with Crippen LogP contribution in [-0.2, 0) is 14.9 Å². The van der Waals surface area contributed by atoms with Crippen LogP contribution in [0.4, 0.5) is 5.69 Å². The number of amides is 2. The summed E-state index contributed by atoms with van der Waals surface area (Å²) >= 11 is 0. The molecule has 1 atom stereocenters. The summed E-state index contributed by atoms with van der Waals surface area (Å²) in [6.07, 6.45) is 1.62. The Bertz CT molecular complexity index is 664. The van der Waals surface area contributed by atoms with Crippen LogP contribution in [0.5, 0.6) is 0 Å². The van der Waals surface area contributed by atoms with Gasteiger partial charge in [-0.1, -0.05) is 6.07 Å². The van der Waals surface area contributed by atoms with E-state index < -0.39 is 5.41 Å². The maximum absolute atomic E-state index is 12.5. The summed E-state index contributed by atoms with van der Waals surface area (Å²) < 4.78 is 5.68. The van der Waals surface area contributed by atoms with E-state index >= 15 is 0 Å². The van der Waals surface area contributed by atoms with Crippen LogP contribution in [0.3, 0.4) is 0 Å². The largest absolute Gasteiger partial charge is 0.375 e. The van der Waals surface area contributed by atoms with E-state index in [4.69, 9.17) is 4.74 Å². The van der Waals surface area contributed by atoms with Crippen molar-refractivity contribution in [2.24, 2.45) is 0 Å². The molecule has 0 bridgehead atoms. The molecule has 23 heavy (non-hydrogen) atoms. The Labute approximate surface area is 136 Å². The lowest BCUT2D eigenvalue weighted by molar-refractivity contribution is -0.119. The molecule has 1 aromatic carbocycles. The summed E-state index contributed by atoms with van der Waals surface area (Å²) in [7, 11) is 0. The van der Waals surface area contributed by atoms with Crippen molar-refractivity contribution < 1.29 is 14.3 Å². The number of hydrogen-bond donors (Lipinski definition) is 2. The average molecular weight is 316 g/mol. The number of hydrogen-bond acceptors (Lipinski definition) is 3. The summed E-state index contributed by atoms with van der Waals surface area (Å²) in [6.45, 7) is 8.51. The van der Waals surface area contributed by atoms with E-state index in [1.165, 1.54) is 0 Å². The van der Waals surface area contributed by atoms with Crippen LogP contribution >= 0.6 is 0 Å². The van der Waals surface area contributed by atoms with Crippen LogP contribution in [-0.4, -0.2) is 30.1 Å². The number of rotatable bonds is 2. The number of carbonyl (C=O) groups is 2. The fraction of sp³-hybridized carbons (Fsp3) is 0.556. The SMILES string of the molecule is CC1(C)C[C@H](NC(=O)c2ccc3c(c2)NC(=O)C3(C)C)CCO1. The fourth-order valence-electron chi connectivity index (χ4n) is 3.36. The molecule has 2 amide bonds. The quantitative estimate of drug-likeness (QED) is 0.881. The van der Waals surface area contributed by atoms with Crippen LogP contribution in [0.2, 0.25) is 0 Å². The van der Waals surface area contributed by atoms with Crippen molar-refractivity contribution in [2.75, 3.05) is 11.9 Å². The summed E-state index contributed by atoms with van der Waals surface area (Å²) in [5.74, 6) is -0.134. The van der Waals surface area contributed by atoms with E-state index in [0.717, 1.165) is 24.1 Å². The smallest absolute Gasteiger partial charge is 0.251 e. The molecule has 1 saturated heterocycles. The van der Waals surface area contributed by atoms with E-state index in [1.807, 2.05) is 33.8 Å². The van der Waals surface area contributed by atoms with Crippen molar-refractivity contribution in [1.29, 1.82) is 0 Å². The first-order valence-electron chi connectivity index (χ1n) is 8.10. The monoisotopic (exact) mass is 316 g/mol. The molecule has 124 valence electrons. The molecule has 0 aromatic heterocycles. The highest BCUT2D eigenvalue weighted by molar-refractivity contribution is 6.07.